The number of ether oxygens (including phenoxy) is 1. The Kier molecular flexibility index (Phi) is 6.75. The Hall–Kier alpha value is -1.92. The molecule has 0 saturated carbocycles. The predicted molar refractivity (Wildman–Crippen MR) is 104 cm³/mol. The lowest BCUT2D eigenvalue weighted by Crippen LogP contribution is -2.30. The zero-order chi connectivity index (χ0) is 17.5. The van der Waals surface area contributed by atoms with Gasteiger partial charge < -0.3 is 15.4 Å². The van der Waals surface area contributed by atoms with Crippen LogP contribution in [0.3, 0.4) is 0 Å². The van der Waals surface area contributed by atoms with Gasteiger partial charge in [-0.1, -0.05) is 30.3 Å². The third kappa shape index (κ3) is 4.79. The molecule has 1 heterocycles. The van der Waals surface area contributed by atoms with Crippen LogP contribution in [0.25, 0.3) is 0 Å². The van der Waals surface area contributed by atoms with E-state index in [2.05, 4.69) is 22.8 Å². The van der Waals surface area contributed by atoms with Crippen LogP contribution in [0, 0.1) is 13.8 Å². The summed E-state index contributed by atoms with van der Waals surface area (Å²) in [6.07, 6.45) is 0.885. The first kappa shape index (κ1) is 18.4. The maximum absolute atomic E-state index is 12.2. The van der Waals surface area contributed by atoms with Gasteiger partial charge in [0.15, 0.2) is 5.11 Å². The van der Waals surface area contributed by atoms with Crippen LogP contribution in [0.4, 0.5) is 5.00 Å². The van der Waals surface area contributed by atoms with E-state index in [1.54, 1.807) is 6.92 Å². The highest BCUT2D eigenvalue weighted by Gasteiger charge is 2.21. The summed E-state index contributed by atoms with van der Waals surface area (Å²) in [7, 11) is 0. The number of hydrogen-bond acceptors (Lipinski definition) is 4. The lowest BCUT2D eigenvalue weighted by Gasteiger charge is -2.11. The van der Waals surface area contributed by atoms with Gasteiger partial charge in [0.2, 0.25) is 0 Å². The number of thiocarbonyl (C=S) groups is 1. The maximum atomic E-state index is 12.2. The summed E-state index contributed by atoms with van der Waals surface area (Å²) in [6, 6.07) is 10.2. The zero-order valence-electron chi connectivity index (χ0n) is 14.1. The molecule has 0 amide bonds. The molecule has 0 radical (unpaired) electrons. The van der Waals surface area contributed by atoms with Gasteiger partial charge in [0.1, 0.15) is 5.00 Å². The zero-order valence-corrected chi connectivity index (χ0v) is 15.8. The topological polar surface area (TPSA) is 50.4 Å². The van der Waals surface area contributed by atoms with E-state index in [4.69, 9.17) is 17.0 Å². The number of carbonyl (C=O) groups excluding carboxylic acids is 1. The van der Waals surface area contributed by atoms with Gasteiger partial charge in [0.05, 0.1) is 12.2 Å². The standard InChI is InChI=1S/C18H22N2O2S2/c1-4-22-17(21)15-12(2)13(3)24-16(15)20-18(23)19-11-10-14-8-6-5-7-9-14/h5-9H,4,10-11H2,1-3H3,(H2,19,20,23). The molecule has 0 aliphatic rings. The van der Waals surface area contributed by atoms with E-state index < -0.39 is 0 Å². The quantitative estimate of drug-likeness (QED) is 0.599. The molecule has 0 aliphatic heterocycles. The Morgan fingerprint density at radius 1 is 1.25 bits per heavy atom. The molecule has 1 aromatic heterocycles. The molecule has 0 aliphatic carbocycles. The molecule has 0 atom stereocenters. The fourth-order valence-electron chi connectivity index (χ4n) is 2.28. The molecule has 1 aromatic carbocycles. The molecule has 4 nitrogen and oxygen atoms in total. The Balaban J connectivity index is 1.96. The van der Waals surface area contributed by atoms with Crippen molar-refractivity contribution in [2.45, 2.75) is 27.2 Å². The second kappa shape index (κ2) is 8.80. The van der Waals surface area contributed by atoms with Gasteiger partial charge >= 0.3 is 5.97 Å². The minimum absolute atomic E-state index is 0.311. The fraction of sp³-hybridized carbons (Fsp3) is 0.333. The van der Waals surface area contributed by atoms with Crippen molar-refractivity contribution in [2.75, 3.05) is 18.5 Å². The van der Waals surface area contributed by atoms with Crippen LogP contribution in [0.5, 0.6) is 0 Å². The average Bonchev–Trinajstić information content (AvgIpc) is 2.83. The number of hydrogen-bond donors (Lipinski definition) is 2. The molecular weight excluding hydrogens is 340 g/mol. The summed E-state index contributed by atoms with van der Waals surface area (Å²) in [5, 5.41) is 7.57. The van der Waals surface area contributed by atoms with Crippen molar-refractivity contribution in [1.82, 2.24) is 5.32 Å². The van der Waals surface area contributed by atoms with Crippen LogP contribution < -0.4 is 10.6 Å². The first-order valence-corrected chi connectivity index (χ1v) is 9.11. The number of nitrogens with one attached hydrogen (secondary N) is 2. The van der Waals surface area contributed by atoms with Gasteiger partial charge in [-0.25, -0.2) is 4.79 Å². The molecule has 2 aromatic rings. The van der Waals surface area contributed by atoms with Crippen LogP contribution in [0.15, 0.2) is 30.3 Å². The van der Waals surface area contributed by atoms with Crippen molar-refractivity contribution < 1.29 is 9.53 Å². The summed E-state index contributed by atoms with van der Waals surface area (Å²) < 4.78 is 5.15. The molecule has 2 N–H and O–H groups in total. The lowest BCUT2D eigenvalue weighted by molar-refractivity contribution is 0.0527. The van der Waals surface area contributed by atoms with Crippen molar-refractivity contribution >= 4 is 39.6 Å². The lowest BCUT2D eigenvalue weighted by atomic mass is 10.1. The van der Waals surface area contributed by atoms with Gasteiger partial charge in [-0.2, -0.15) is 0 Å². The van der Waals surface area contributed by atoms with Gasteiger partial charge in [-0.15, -0.1) is 11.3 Å². The number of benzene rings is 1. The van der Waals surface area contributed by atoms with Crippen molar-refractivity contribution in [3.05, 3.63) is 51.9 Å². The maximum Gasteiger partial charge on any atom is 0.341 e. The van der Waals surface area contributed by atoms with Gasteiger partial charge in [0, 0.05) is 11.4 Å². The normalized spacial score (nSPS) is 10.3. The van der Waals surface area contributed by atoms with Crippen LogP contribution in [0.2, 0.25) is 0 Å². The Morgan fingerprint density at radius 3 is 2.62 bits per heavy atom. The number of aryl methyl sites for hydroxylation is 1. The molecule has 0 spiro atoms. The monoisotopic (exact) mass is 362 g/mol. The van der Waals surface area contributed by atoms with Crippen LogP contribution in [-0.2, 0) is 11.2 Å². The second-order valence-corrected chi connectivity index (χ2v) is 6.96. The Labute approximate surface area is 152 Å². The third-order valence-electron chi connectivity index (χ3n) is 3.63. The van der Waals surface area contributed by atoms with Gasteiger partial charge in [-0.05, 0) is 50.5 Å². The Bertz CT molecular complexity index is 711. The van der Waals surface area contributed by atoms with E-state index in [1.165, 1.54) is 16.9 Å². The molecule has 2 rings (SSSR count). The Morgan fingerprint density at radius 2 is 1.96 bits per heavy atom. The fourth-order valence-corrected chi connectivity index (χ4v) is 3.60. The summed E-state index contributed by atoms with van der Waals surface area (Å²) in [4.78, 5) is 13.2. The smallest absolute Gasteiger partial charge is 0.341 e. The number of anilines is 1. The minimum Gasteiger partial charge on any atom is -0.462 e. The molecule has 128 valence electrons. The highest BCUT2D eigenvalue weighted by Crippen LogP contribution is 2.32. The molecule has 0 bridgehead atoms. The highest BCUT2D eigenvalue weighted by molar-refractivity contribution is 7.80. The van der Waals surface area contributed by atoms with Crippen LogP contribution in [-0.4, -0.2) is 24.2 Å². The van der Waals surface area contributed by atoms with E-state index in [0.717, 1.165) is 28.4 Å². The molecular formula is C18H22N2O2S2. The SMILES string of the molecule is CCOC(=O)c1c(NC(=S)NCCc2ccccc2)sc(C)c1C. The average molecular weight is 363 g/mol. The van der Waals surface area contributed by atoms with Crippen molar-refractivity contribution in [2.24, 2.45) is 0 Å². The first-order valence-electron chi connectivity index (χ1n) is 7.88. The highest BCUT2D eigenvalue weighted by atomic mass is 32.1. The van der Waals surface area contributed by atoms with Gasteiger partial charge in [0.25, 0.3) is 0 Å². The van der Waals surface area contributed by atoms with Crippen molar-refractivity contribution in [1.29, 1.82) is 0 Å². The van der Waals surface area contributed by atoms with Crippen LogP contribution in [0.1, 0.15) is 33.3 Å². The number of rotatable bonds is 6. The van der Waals surface area contributed by atoms with E-state index in [-0.39, 0.29) is 5.97 Å². The van der Waals surface area contributed by atoms with Crippen LogP contribution >= 0.6 is 23.6 Å². The predicted octanol–water partition coefficient (Wildman–Crippen LogP) is 4.07. The number of carbonyl (C=O) groups is 1. The van der Waals surface area contributed by atoms with E-state index in [0.29, 0.717) is 17.3 Å². The summed E-state index contributed by atoms with van der Waals surface area (Å²) in [5.41, 5.74) is 2.77. The molecule has 24 heavy (non-hydrogen) atoms. The second-order valence-electron chi connectivity index (χ2n) is 5.32. The summed E-state index contributed by atoms with van der Waals surface area (Å²) in [6.45, 7) is 6.80. The van der Waals surface area contributed by atoms with Gasteiger partial charge in [-0.3, -0.25) is 0 Å². The van der Waals surface area contributed by atoms with E-state index in [1.807, 2.05) is 32.0 Å². The van der Waals surface area contributed by atoms with E-state index in [9.17, 15) is 4.79 Å². The van der Waals surface area contributed by atoms with E-state index >= 15 is 0 Å². The summed E-state index contributed by atoms with van der Waals surface area (Å²) >= 11 is 6.86. The number of thiophene rings is 1. The third-order valence-corrected chi connectivity index (χ3v) is 5.00. The minimum atomic E-state index is -0.311. The van der Waals surface area contributed by atoms with Crippen molar-refractivity contribution in [3.8, 4) is 0 Å². The molecule has 0 fully saturated rings. The first-order chi connectivity index (χ1) is 11.5. The largest absolute Gasteiger partial charge is 0.462 e. The summed E-state index contributed by atoms with van der Waals surface area (Å²) in [5.74, 6) is -0.311. The molecule has 0 unspecified atom stereocenters. The molecule has 0 saturated heterocycles. The van der Waals surface area contributed by atoms with Crippen molar-refractivity contribution in [3.63, 3.8) is 0 Å². The number of esters is 1. The molecule has 6 heteroatoms.